The van der Waals surface area contributed by atoms with E-state index in [-0.39, 0.29) is 12.5 Å². The van der Waals surface area contributed by atoms with Gasteiger partial charge in [0, 0.05) is 11.8 Å². The zero-order chi connectivity index (χ0) is 16.7. The molecule has 0 aliphatic heterocycles. The van der Waals surface area contributed by atoms with E-state index in [1.54, 1.807) is 49.6 Å². The third-order valence-corrected chi connectivity index (χ3v) is 3.15. The van der Waals surface area contributed by atoms with Crippen molar-refractivity contribution in [1.29, 1.82) is 5.26 Å². The first-order chi connectivity index (χ1) is 11.2. The van der Waals surface area contributed by atoms with Crippen molar-refractivity contribution < 1.29 is 14.3 Å². The summed E-state index contributed by atoms with van der Waals surface area (Å²) >= 11 is 0. The highest BCUT2D eigenvalue weighted by atomic mass is 16.5. The fourth-order valence-corrected chi connectivity index (χ4v) is 1.95. The molecule has 0 atom stereocenters. The average Bonchev–Trinajstić information content (AvgIpc) is 2.60. The smallest absolute Gasteiger partial charge is 0.243 e. The van der Waals surface area contributed by atoms with E-state index in [2.05, 4.69) is 10.6 Å². The van der Waals surface area contributed by atoms with Crippen LogP contribution in [0.1, 0.15) is 5.56 Å². The Hall–Kier alpha value is -3.20. The number of anilines is 2. The zero-order valence-electron chi connectivity index (χ0n) is 12.9. The van der Waals surface area contributed by atoms with Gasteiger partial charge in [-0.2, -0.15) is 5.26 Å². The number of nitrogens with zero attached hydrogens (tertiary/aromatic N) is 1. The molecule has 2 aromatic rings. The molecule has 0 saturated carbocycles. The molecular formula is C17H17N3O3. The molecule has 0 aromatic heterocycles. The van der Waals surface area contributed by atoms with E-state index in [0.29, 0.717) is 22.7 Å². The number of nitrogens with one attached hydrogen (secondary N) is 2. The summed E-state index contributed by atoms with van der Waals surface area (Å²) in [7, 11) is 3.09. The Morgan fingerprint density at radius 1 is 1.13 bits per heavy atom. The van der Waals surface area contributed by atoms with Crippen molar-refractivity contribution in [2.75, 3.05) is 31.4 Å². The predicted octanol–water partition coefficient (Wildman–Crippen LogP) is 2.63. The molecule has 2 aromatic carbocycles. The quantitative estimate of drug-likeness (QED) is 0.857. The summed E-state index contributed by atoms with van der Waals surface area (Å²) in [6, 6.07) is 14.1. The van der Waals surface area contributed by atoms with Crippen molar-refractivity contribution in [3.63, 3.8) is 0 Å². The SMILES string of the molecule is COc1ccc(OC)c(NC(=O)CNc2ccc(C#N)cc2)c1. The molecule has 0 aliphatic rings. The minimum Gasteiger partial charge on any atom is -0.497 e. The maximum Gasteiger partial charge on any atom is 0.243 e. The molecule has 6 nitrogen and oxygen atoms in total. The maximum atomic E-state index is 12.1. The van der Waals surface area contributed by atoms with Crippen molar-refractivity contribution in [2.45, 2.75) is 0 Å². The van der Waals surface area contributed by atoms with Gasteiger partial charge >= 0.3 is 0 Å². The summed E-state index contributed by atoms with van der Waals surface area (Å²) in [4.78, 5) is 12.1. The minimum atomic E-state index is -0.221. The molecule has 0 radical (unpaired) electrons. The molecule has 0 aliphatic carbocycles. The van der Waals surface area contributed by atoms with Crippen molar-refractivity contribution in [3.05, 3.63) is 48.0 Å². The highest BCUT2D eigenvalue weighted by Crippen LogP contribution is 2.28. The molecule has 6 heteroatoms. The fraction of sp³-hybridized carbons (Fsp3) is 0.176. The van der Waals surface area contributed by atoms with Crippen LogP contribution < -0.4 is 20.1 Å². The van der Waals surface area contributed by atoms with Gasteiger partial charge in [0.15, 0.2) is 0 Å². The molecule has 0 unspecified atom stereocenters. The van der Waals surface area contributed by atoms with Crippen molar-refractivity contribution in [2.24, 2.45) is 0 Å². The number of nitriles is 1. The Labute approximate surface area is 134 Å². The van der Waals surface area contributed by atoms with E-state index >= 15 is 0 Å². The van der Waals surface area contributed by atoms with Gasteiger partial charge in [0.25, 0.3) is 0 Å². The summed E-state index contributed by atoms with van der Waals surface area (Å²) < 4.78 is 10.4. The third kappa shape index (κ3) is 4.38. The molecule has 0 heterocycles. The van der Waals surface area contributed by atoms with Gasteiger partial charge < -0.3 is 20.1 Å². The Morgan fingerprint density at radius 3 is 2.48 bits per heavy atom. The fourth-order valence-electron chi connectivity index (χ4n) is 1.95. The second kappa shape index (κ2) is 7.71. The van der Waals surface area contributed by atoms with Crippen LogP contribution in [0.25, 0.3) is 0 Å². The van der Waals surface area contributed by atoms with E-state index in [0.717, 1.165) is 5.69 Å². The van der Waals surface area contributed by atoms with Crippen LogP contribution in [0.4, 0.5) is 11.4 Å². The van der Waals surface area contributed by atoms with Gasteiger partial charge in [-0.25, -0.2) is 0 Å². The first-order valence-corrected chi connectivity index (χ1v) is 6.92. The van der Waals surface area contributed by atoms with E-state index in [1.165, 1.54) is 7.11 Å². The predicted molar refractivity (Wildman–Crippen MR) is 87.8 cm³/mol. The number of rotatable bonds is 6. The highest BCUT2D eigenvalue weighted by Gasteiger charge is 2.09. The lowest BCUT2D eigenvalue weighted by Gasteiger charge is -2.12. The number of hydrogen-bond donors (Lipinski definition) is 2. The summed E-state index contributed by atoms with van der Waals surface area (Å²) in [6.07, 6.45) is 0. The Balaban J connectivity index is 1.97. The first-order valence-electron chi connectivity index (χ1n) is 6.92. The average molecular weight is 311 g/mol. The lowest BCUT2D eigenvalue weighted by Crippen LogP contribution is -2.22. The van der Waals surface area contributed by atoms with E-state index in [4.69, 9.17) is 14.7 Å². The topological polar surface area (TPSA) is 83.4 Å². The summed E-state index contributed by atoms with van der Waals surface area (Å²) in [6.45, 7) is 0.0895. The minimum absolute atomic E-state index is 0.0895. The maximum absolute atomic E-state index is 12.1. The van der Waals surface area contributed by atoms with Crippen LogP contribution in [-0.2, 0) is 4.79 Å². The summed E-state index contributed by atoms with van der Waals surface area (Å²) in [5.74, 6) is 0.958. The molecular weight excluding hydrogens is 294 g/mol. The number of methoxy groups -OCH3 is 2. The van der Waals surface area contributed by atoms with E-state index < -0.39 is 0 Å². The standard InChI is InChI=1S/C17H17N3O3/c1-22-14-7-8-16(23-2)15(9-14)20-17(21)11-19-13-5-3-12(10-18)4-6-13/h3-9,19H,11H2,1-2H3,(H,20,21). The highest BCUT2D eigenvalue weighted by molar-refractivity contribution is 5.95. The van der Waals surface area contributed by atoms with Crippen molar-refractivity contribution in [3.8, 4) is 17.6 Å². The molecule has 0 saturated heterocycles. The number of hydrogen-bond acceptors (Lipinski definition) is 5. The number of benzene rings is 2. The number of carbonyl (C=O) groups is 1. The van der Waals surface area contributed by atoms with E-state index in [9.17, 15) is 4.79 Å². The van der Waals surface area contributed by atoms with Crippen LogP contribution in [-0.4, -0.2) is 26.7 Å². The van der Waals surface area contributed by atoms with Crippen molar-refractivity contribution >= 4 is 17.3 Å². The van der Waals surface area contributed by atoms with Crippen LogP contribution in [0.15, 0.2) is 42.5 Å². The largest absolute Gasteiger partial charge is 0.497 e. The molecule has 23 heavy (non-hydrogen) atoms. The number of amides is 1. The van der Waals surface area contributed by atoms with Crippen LogP contribution >= 0.6 is 0 Å². The van der Waals surface area contributed by atoms with Gasteiger partial charge in [-0.15, -0.1) is 0 Å². The molecule has 0 bridgehead atoms. The van der Waals surface area contributed by atoms with Gasteiger partial charge in [0.2, 0.25) is 5.91 Å². The van der Waals surface area contributed by atoms with Crippen LogP contribution in [0.5, 0.6) is 11.5 Å². The molecule has 0 fully saturated rings. The number of ether oxygens (including phenoxy) is 2. The van der Waals surface area contributed by atoms with Crippen LogP contribution in [0.3, 0.4) is 0 Å². The van der Waals surface area contributed by atoms with Gasteiger partial charge in [0.05, 0.1) is 38.1 Å². The van der Waals surface area contributed by atoms with Gasteiger partial charge in [0.1, 0.15) is 11.5 Å². The molecule has 118 valence electrons. The van der Waals surface area contributed by atoms with Crippen LogP contribution in [0.2, 0.25) is 0 Å². The second-order valence-corrected chi connectivity index (χ2v) is 4.66. The second-order valence-electron chi connectivity index (χ2n) is 4.66. The normalized spacial score (nSPS) is 9.61. The summed E-state index contributed by atoms with van der Waals surface area (Å²) in [5, 5.41) is 14.5. The van der Waals surface area contributed by atoms with Crippen molar-refractivity contribution in [1.82, 2.24) is 0 Å². The zero-order valence-corrected chi connectivity index (χ0v) is 12.9. The molecule has 2 N–H and O–H groups in total. The third-order valence-electron chi connectivity index (χ3n) is 3.15. The lowest BCUT2D eigenvalue weighted by atomic mass is 10.2. The van der Waals surface area contributed by atoms with Gasteiger partial charge in [-0.05, 0) is 36.4 Å². The van der Waals surface area contributed by atoms with Crippen LogP contribution in [0, 0.1) is 11.3 Å². The molecule has 1 amide bonds. The lowest BCUT2D eigenvalue weighted by molar-refractivity contribution is -0.114. The van der Waals surface area contributed by atoms with Gasteiger partial charge in [-0.3, -0.25) is 4.79 Å². The molecule has 2 rings (SSSR count). The number of carbonyl (C=O) groups excluding carboxylic acids is 1. The summed E-state index contributed by atoms with van der Waals surface area (Å²) in [5.41, 5.74) is 1.87. The molecule has 0 spiro atoms. The first kappa shape index (κ1) is 16.2. The Bertz CT molecular complexity index is 721. The Morgan fingerprint density at radius 2 is 1.87 bits per heavy atom. The van der Waals surface area contributed by atoms with Gasteiger partial charge in [-0.1, -0.05) is 0 Å². The van der Waals surface area contributed by atoms with E-state index in [1.807, 2.05) is 6.07 Å². The monoisotopic (exact) mass is 311 g/mol. The Kier molecular flexibility index (Phi) is 5.42.